The van der Waals surface area contributed by atoms with Crippen LogP contribution in [-0.4, -0.2) is 20.3 Å². The van der Waals surface area contributed by atoms with E-state index in [0.717, 1.165) is 10.2 Å². The Balaban J connectivity index is 2.24. The summed E-state index contributed by atoms with van der Waals surface area (Å²) in [4.78, 5) is 17.0. The number of benzene rings is 1. The number of carbonyl (C=O) groups is 1. The van der Waals surface area contributed by atoms with Crippen molar-refractivity contribution in [1.29, 1.82) is 0 Å². The quantitative estimate of drug-likeness (QED) is 0.664. The van der Waals surface area contributed by atoms with Crippen molar-refractivity contribution >= 4 is 50.7 Å². The van der Waals surface area contributed by atoms with Gasteiger partial charge in [0.05, 0.1) is 20.3 Å². The Labute approximate surface area is 146 Å². The second kappa shape index (κ2) is 6.31. The fourth-order valence-corrected chi connectivity index (χ4v) is 3.82. The molecule has 118 valence electrons. The van der Waals surface area contributed by atoms with Crippen molar-refractivity contribution in [3.63, 3.8) is 0 Å². The number of carbonyl (C=O) groups excluding carboxylic acids is 1. The Kier molecular flexibility index (Phi) is 4.39. The van der Waals surface area contributed by atoms with Gasteiger partial charge in [0.25, 0.3) is 5.91 Å². The summed E-state index contributed by atoms with van der Waals surface area (Å²) >= 11 is 13.8. The molecule has 0 aliphatic rings. The molecule has 0 atom stereocenters. The van der Waals surface area contributed by atoms with Gasteiger partial charge in [-0.1, -0.05) is 40.6 Å². The van der Waals surface area contributed by atoms with Crippen LogP contribution in [0.5, 0.6) is 0 Å². The summed E-state index contributed by atoms with van der Waals surface area (Å²) in [5, 5.41) is 5.19. The fraction of sp³-hybridized carbons (Fsp3) is 0.133. The van der Waals surface area contributed by atoms with E-state index in [1.165, 1.54) is 11.3 Å². The van der Waals surface area contributed by atoms with Crippen molar-refractivity contribution < 1.29 is 4.79 Å². The summed E-state index contributed by atoms with van der Waals surface area (Å²) in [6, 6.07) is 5.07. The standard InChI is InChI=1S/C15H12Cl2N4OS/c1-3-7-21-12-9(16)4-5-10(17)13(12)23-15(21)18-14(22)11-6-8-20(2)19-11/h3-6,8H,1,7H2,2H3. The summed E-state index contributed by atoms with van der Waals surface area (Å²) < 4.78 is 4.16. The van der Waals surface area contributed by atoms with Gasteiger partial charge in [-0.3, -0.25) is 9.48 Å². The van der Waals surface area contributed by atoms with Crippen LogP contribution in [0, 0.1) is 0 Å². The number of hydrogen-bond acceptors (Lipinski definition) is 3. The molecule has 0 aliphatic carbocycles. The molecule has 1 aromatic carbocycles. The van der Waals surface area contributed by atoms with Crippen LogP contribution in [0.2, 0.25) is 10.0 Å². The lowest BCUT2D eigenvalue weighted by Gasteiger charge is -2.03. The van der Waals surface area contributed by atoms with Crippen molar-refractivity contribution in [3.8, 4) is 0 Å². The molecule has 0 unspecified atom stereocenters. The molecule has 23 heavy (non-hydrogen) atoms. The van der Waals surface area contributed by atoms with E-state index < -0.39 is 5.91 Å². The van der Waals surface area contributed by atoms with Gasteiger partial charge in [-0.25, -0.2) is 0 Å². The summed E-state index contributed by atoms with van der Waals surface area (Å²) in [7, 11) is 1.74. The number of hydrogen-bond donors (Lipinski definition) is 0. The number of aromatic nitrogens is 3. The van der Waals surface area contributed by atoms with E-state index in [0.29, 0.717) is 21.4 Å². The molecule has 0 spiro atoms. The van der Waals surface area contributed by atoms with Crippen molar-refractivity contribution in [3.05, 3.63) is 57.6 Å². The summed E-state index contributed by atoms with van der Waals surface area (Å²) in [6.45, 7) is 4.21. The van der Waals surface area contributed by atoms with E-state index in [2.05, 4.69) is 16.7 Å². The minimum Gasteiger partial charge on any atom is -0.311 e. The van der Waals surface area contributed by atoms with Crippen molar-refractivity contribution in [2.45, 2.75) is 6.54 Å². The number of nitrogens with zero attached hydrogens (tertiary/aromatic N) is 4. The number of thiazole rings is 1. The third-order valence-electron chi connectivity index (χ3n) is 3.17. The first-order valence-corrected chi connectivity index (χ1v) is 8.25. The highest BCUT2D eigenvalue weighted by molar-refractivity contribution is 7.17. The van der Waals surface area contributed by atoms with Crippen LogP contribution in [0.25, 0.3) is 10.2 Å². The zero-order valence-electron chi connectivity index (χ0n) is 12.2. The first-order chi connectivity index (χ1) is 11.0. The van der Waals surface area contributed by atoms with Crippen LogP contribution in [0.1, 0.15) is 10.5 Å². The lowest BCUT2D eigenvalue weighted by Crippen LogP contribution is -2.16. The zero-order chi connectivity index (χ0) is 16.6. The maximum absolute atomic E-state index is 12.3. The van der Waals surface area contributed by atoms with Crippen LogP contribution in [0.4, 0.5) is 0 Å². The Hall–Kier alpha value is -1.89. The van der Waals surface area contributed by atoms with Gasteiger partial charge in [0.1, 0.15) is 0 Å². The third-order valence-corrected chi connectivity index (χ3v) is 5.01. The number of allylic oxidation sites excluding steroid dienone is 1. The molecular formula is C15H12Cl2N4OS. The van der Waals surface area contributed by atoms with E-state index in [1.54, 1.807) is 42.2 Å². The molecule has 3 aromatic rings. The highest BCUT2D eigenvalue weighted by Gasteiger charge is 2.14. The molecule has 0 saturated heterocycles. The van der Waals surface area contributed by atoms with Crippen molar-refractivity contribution in [2.75, 3.05) is 0 Å². The Bertz CT molecular complexity index is 983. The van der Waals surface area contributed by atoms with Crippen molar-refractivity contribution in [2.24, 2.45) is 12.0 Å². The molecule has 0 bridgehead atoms. The zero-order valence-corrected chi connectivity index (χ0v) is 14.5. The SMILES string of the molecule is C=CCn1c(=NC(=O)c2ccn(C)n2)sc2c(Cl)ccc(Cl)c21. The topological polar surface area (TPSA) is 52.2 Å². The first kappa shape index (κ1) is 16.0. The van der Waals surface area contributed by atoms with Crippen LogP contribution in [-0.2, 0) is 13.6 Å². The van der Waals surface area contributed by atoms with Crippen molar-refractivity contribution in [1.82, 2.24) is 14.3 Å². The van der Waals surface area contributed by atoms with Gasteiger partial charge in [-0.05, 0) is 18.2 Å². The lowest BCUT2D eigenvalue weighted by atomic mass is 10.3. The number of fused-ring (bicyclic) bond motifs is 1. The highest BCUT2D eigenvalue weighted by atomic mass is 35.5. The van der Waals surface area contributed by atoms with Crippen LogP contribution < -0.4 is 4.80 Å². The maximum Gasteiger partial charge on any atom is 0.300 e. The molecule has 2 aromatic heterocycles. The minimum absolute atomic E-state index is 0.285. The Morgan fingerprint density at radius 1 is 1.39 bits per heavy atom. The molecule has 0 radical (unpaired) electrons. The molecule has 1 amide bonds. The van der Waals surface area contributed by atoms with E-state index in [-0.39, 0.29) is 5.69 Å². The maximum atomic E-state index is 12.3. The predicted molar refractivity (Wildman–Crippen MR) is 93.1 cm³/mol. The Morgan fingerprint density at radius 3 is 2.78 bits per heavy atom. The van der Waals surface area contributed by atoms with Crippen LogP contribution in [0.15, 0.2) is 42.0 Å². The minimum atomic E-state index is -0.415. The average Bonchev–Trinajstić information content (AvgIpc) is 3.09. The van der Waals surface area contributed by atoms with Crippen LogP contribution >= 0.6 is 34.5 Å². The molecule has 0 fully saturated rings. The lowest BCUT2D eigenvalue weighted by molar-refractivity contribution is 0.0992. The average molecular weight is 367 g/mol. The largest absolute Gasteiger partial charge is 0.311 e. The van der Waals surface area contributed by atoms with Gasteiger partial charge >= 0.3 is 0 Å². The van der Waals surface area contributed by atoms with Gasteiger partial charge in [-0.15, -0.1) is 6.58 Å². The van der Waals surface area contributed by atoms with Gasteiger partial charge < -0.3 is 4.57 Å². The molecule has 0 aliphatic heterocycles. The first-order valence-electron chi connectivity index (χ1n) is 6.68. The van der Waals surface area contributed by atoms with E-state index in [1.807, 2.05) is 4.57 Å². The molecule has 0 N–H and O–H groups in total. The smallest absolute Gasteiger partial charge is 0.300 e. The number of halogens is 2. The molecule has 2 heterocycles. The van der Waals surface area contributed by atoms with Gasteiger partial charge in [-0.2, -0.15) is 10.1 Å². The van der Waals surface area contributed by atoms with Gasteiger partial charge in [0.2, 0.25) is 0 Å². The summed E-state index contributed by atoms with van der Waals surface area (Å²) in [5.41, 5.74) is 1.03. The normalized spacial score (nSPS) is 12.0. The van der Waals surface area contributed by atoms with E-state index >= 15 is 0 Å². The van der Waals surface area contributed by atoms with Gasteiger partial charge in [0.15, 0.2) is 10.5 Å². The molecule has 3 rings (SSSR count). The molecule has 0 saturated carbocycles. The van der Waals surface area contributed by atoms with E-state index in [4.69, 9.17) is 23.2 Å². The molecule has 8 heteroatoms. The summed E-state index contributed by atoms with van der Waals surface area (Å²) in [5.74, 6) is -0.415. The second-order valence-electron chi connectivity index (χ2n) is 4.78. The number of rotatable bonds is 3. The predicted octanol–water partition coefficient (Wildman–Crippen LogP) is 3.67. The van der Waals surface area contributed by atoms with E-state index in [9.17, 15) is 4.79 Å². The Morgan fingerprint density at radius 2 is 2.13 bits per heavy atom. The van der Waals surface area contributed by atoms with Gasteiger partial charge in [0, 0.05) is 19.8 Å². The molecular weight excluding hydrogens is 355 g/mol. The summed E-state index contributed by atoms with van der Waals surface area (Å²) in [6.07, 6.45) is 3.41. The monoisotopic (exact) mass is 366 g/mol. The number of amides is 1. The van der Waals surface area contributed by atoms with Crippen LogP contribution in [0.3, 0.4) is 0 Å². The third kappa shape index (κ3) is 2.97. The fourth-order valence-electron chi connectivity index (χ4n) is 2.17. The second-order valence-corrected chi connectivity index (χ2v) is 6.57. The molecule has 5 nitrogen and oxygen atoms in total. The highest BCUT2D eigenvalue weighted by Crippen LogP contribution is 2.31. The number of aryl methyl sites for hydroxylation is 1.